The quantitative estimate of drug-likeness (QED) is 0.0383. The van der Waals surface area contributed by atoms with Crippen molar-refractivity contribution in [3.05, 3.63) is 112 Å². The number of carboxylic acids is 1. The maximum absolute atomic E-state index is 13.2. The maximum atomic E-state index is 13.2. The minimum atomic E-state index is -3.70. The fraction of sp³-hybridized carbons (Fsp3) is 0.243. The number of carbonyl (C=O) groups excluding carboxylic acids is 3. The normalized spacial score (nSPS) is 11.8. The van der Waals surface area contributed by atoms with Gasteiger partial charge in [0.25, 0.3) is 17.4 Å². The predicted molar refractivity (Wildman–Crippen MR) is 206 cm³/mol. The molecule has 0 saturated heterocycles. The Morgan fingerprint density at radius 3 is 2.26 bits per heavy atom. The number of hydrogen-bond acceptors (Lipinski definition) is 15. The zero-order valence-electron chi connectivity index (χ0n) is 30.7. The smallest absolute Gasteiger partial charge is 0.475 e. The fourth-order valence-corrected chi connectivity index (χ4v) is 6.29. The fourth-order valence-electron chi connectivity index (χ4n) is 5.13. The third kappa shape index (κ3) is 11.7. The van der Waals surface area contributed by atoms with Crippen molar-refractivity contribution in [1.29, 1.82) is 0 Å². The molecule has 5 aromatic rings. The third-order valence-electron chi connectivity index (χ3n) is 7.88. The molecule has 5 rings (SSSR count). The van der Waals surface area contributed by atoms with Crippen LogP contribution < -0.4 is 32.0 Å². The molecule has 0 aliphatic rings. The van der Waals surface area contributed by atoms with Crippen LogP contribution in [0.1, 0.15) is 58.7 Å². The second-order valence-electron chi connectivity index (χ2n) is 12.0. The van der Waals surface area contributed by atoms with E-state index in [-0.39, 0.29) is 66.8 Å². The second kappa shape index (κ2) is 19.4. The highest BCUT2D eigenvalue weighted by Gasteiger charge is 2.26. The number of aromatic amines is 1. The number of nitrogens with zero attached hydrogens (tertiary/aromatic N) is 3. The zero-order chi connectivity index (χ0) is 41.0. The number of phosphoric acid groups is 1. The number of amides is 2. The van der Waals surface area contributed by atoms with Crippen molar-refractivity contribution >= 4 is 60.1 Å². The van der Waals surface area contributed by atoms with Crippen molar-refractivity contribution in [3.63, 3.8) is 0 Å². The Balaban J connectivity index is 1.11. The van der Waals surface area contributed by atoms with Gasteiger partial charge in [-0.2, -0.15) is 4.98 Å². The van der Waals surface area contributed by atoms with Crippen LogP contribution >= 0.6 is 7.82 Å². The van der Waals surface area contributed by atoms with E-state index in [1.807, 2.05) is 0 Å². The van der Waals surface area contributed by atoms with Crippen molar-refractivity contribution in [3.8, 4) is 5.75 Å². The first-order valence-electron chi connectivity index (χ1n) is 17.5. The summed E-state index contributed by atoms with van der Waals surface area (Å²) in [4.78, 5) is 77.7. The molecule has 2 heterocycles. The van der Waals surface area contributed by atoms with Crippen LogP contribution in [-0.2, 0) is 40.9 Å². The SMILES string of the molecule is CCOP(=O)(OCC)OCc1ccc(NC(=O)c2ccccc2OC(=O)CC[C@H](NC(=O)c2ccc(NCc3cnc4nc(N)[nH]c(=O)c4n3)cc2)C(=O)O)cc1. The number of aliphatic carboxylic acids is 1. The van der Waals surface area contributed by atoms with Gasteiger partial charge in [-0.3, -0.25) is 37.7 Å². The number of aromatic nitrogens is 4. The van der Waals surface area contributed by atoms with E-state index in [0.29, 0.717) is 22.6 Å². The zero-order valence-corrected chi connectivity index (χ0v) is 31.6. The number of benzene rings is 3. The lowest BCUT2D eigenvalue weighted by atomic mass is 10.1. The predicted octanol–water partition coefficient (Wildman–Crippen LogP) is 4.43. The van der Waals surface area contributed by atoms with Gasteiger partial charge in [0.2, 0.25) is 5.95 Å². The molecule has 0 spiro atoms. The molecule has 57 heavy (non-hydrogen) atoms. The number of fused-ring (bicyclic) bond motifs is 1. The van der Waals surface area contributed by atoms with Gasteiger partial charge < -0.3 is 31.5 Å². The van der Waals surface area contributed by atoms with Gasteiger partial charge in [0.1, 0.15) is 11.8 Å². The van der Waals surface area contributed by atoms with Gasteiger partial charge in [-0.25, -0.2) is 19.3 Å². The first-order chi connectivity index (χ1) is 27.4. The average Bonchev–Trinajstić information content (AvgIpc) is 3.19. The van der Waals surface area contributed by atoms with Crippen molar-refractivity contribution in [2.24, 2.45) is 0 Å². The second-order valence-corrected chi connectivity index (χ2v) is 13.7. The molecule has 3 aromatic carbocycles. The van der Waals surface area contributed by atoms with Crippen LogP contribution in [0, 0.1) is 0 Å². The largest absolute Gasteiger partial charge is 0.480 e. The van der Waals surface area contributed by atoms with Crippen LogP contribution in [0.4, 0.5) is 17.3 Å². The number of anilines is 3. The summed E-state index contributed by atoms with van der Waals surface area (Å²) in [6.07, 6.45) is 0.746. The number of phosphoric ester groups is 1. The van der Waals surface area contributed by atoms with E-state index in [1.54, 1.807) is 62.4 Å². The lowest BCUT2D eigenvalue weighted by molar-refractivity contribution is -0.140. The molecule has 0 saturated carbocycles. The van der Waals surface area contributed by atoms with E-state index in [9.17, 15) is 33.6 Å². The number of ether oxygens (including phenoxy) is 1. The minimum absolute atomic E-state index is 0.0318. The summed E-state index contributed by atoms with van der Waals surface area (Å²) >= 11 is 0. The van der Waals surface area contributed by atoms with Gasteiger partial charge in [0.15, 0.2) is 11.2 Å². The molecule has 20 heteroatoms. The first-order valence-corrected chi connectivity index (χ1v) is 18.9. The summed E-state index contributed by atoms with van der Waals surface area (Å²) in [5.41, 5.74) is 7.44. The molecule has 0 fully saturated rings. The van der Waals surface area contributed by atoms with Crippen LogP contribution in [0.2, 0.25) is 0 Å². The first kappa shape index (κ1) is 41.6. The minimum Gasteiger partial charge on any atom is -0.480 e. The van der Waals surface area contributed by atoms with Gasteiger partial charge in [-0.1, -0.05) is 24.3 Å². The highest BCUT2D eigenvalue weighted by Crippen LogP contribution is 2.49. The number of rotatable bonds is 19. The monoisotopic (exact) mass is 802 g/mol. The van der Waals surface area contributed by atoms with Gasteiger partial charge in [-0.05, 0) is 74.4 Å². The lowest BCUT2D eigenvalue weighted by Crippen LogP contribution is -2.41. The summed E-state index contributed by atoms with van der Waals surface area (Å²) in [5, 5.41) is 18.0. The summed E-state index contributed by atoms with van der Waals surface area (Å²) in [6, 6.07) is 17.2. The molecule has 0 bridgehead atoms. The van der Waals surface area contributed by atoms with Gasteiger partial charge in [-0.15, -0.1) is 0 Å². The number of para-hydroxylation sites is 1. The molecule has 1 atom stereocenters. The molecule has 298 valence electrons. The van der Waals surface area contributed by atoms with Crippen molar-refractivity contribution in [2.75, 3.05) is 29.6 Å². The Bertz CT molecular complexity index is 2330. The van der Waals surface area contributed by atoms with Crippen molar-refractivity contribution < 1.29 is 47.2 Å². The van der Waals surface area contributed by atoms with Crippen molar-refractivity contribution in [1.82, 2.24) is 25.3 Å². The summed E-state index contributed by atoms with van der Waals surface area (Å²) in [7, 11) is -3.70. The molecule has 2 amide bonds. The number of esters is 1. The topological polar surface area (TPSA) is 276 Å². The van der Waals surface area contributed by atoms with Crippen LogP contribution in [0.15, 0.2) is 83.8 Å². The molecule has 0 unspecified atom stereocenters. The molecule has 0 radical (unpaired) electrons. The van der Waals surface area contributed by atoms with E-state index in [2.05, 4.69) is 35.9 Å². The Hall–Kier alpha value is -6.53. The molecule has 2 aromatic heterocycles. The number of carboxylic acid groups (broad SMARTS) is 1. The van der Waals surface area contributed by atoms with E-state index < -0.39 is 49.6 Å². The number of carbonyl (C=O) groups is 4. The van der Waals surface area contributed by atoms with E-state index in [1.165, 1.54) is 30.5 Å². The molecular formula is C37H39N8O11P. The van der Waals surface area contributed by atoms with E-state index >= 15 is 0 Å². The lowest BCUT2D eigenvalue weighted by Gasteiger charge is -2.16. The summed E-state index contributed by atoms with van der Waals surface area (Å²) in [6.45, 7) is 3.75. The number of nitrogens with two attached hydrogens (primary N) is 1. The maximum Gasteiger partial charge on any atom is 0.475 e. The highest BCUT2D eigenvalue weighted by molar-refractivity contribution is 7.48. The number of nitrogens with one attached hydrogen (secondary N) is 4. The Morgan fingerprint density at radius 2 is 1.58 bits per heavy atom. The van der Waals surface area contributed by atoms with E-state index in [0.717, 1.165) is 0 Å². The molecule has 0 aliphatic carbocycles. The number of hydrogen-bond donors (Lipinski definition) is 6. The third-order valence-corrected chi connectivity index (χ3v) is 9.47. The van der Waals surface area contributed by atoms with Crippen LogP contribution in [0.3, 0.4) is 0 Å². The highest BCUT2D eigenvalue weighted by atomic mass is 31.2. The van der Waals surface area contributed by atoms with Gasteiger partial charge in [0.05, 0.1) is 43.8 Å². The Kier molecular flexibility index (Phi) is 14.1. The van der Waals surface area contributed by atoms with E-state index in [4.69, 9.17) is 24.0 Å². The van der Waals surface area contributed by atoms with Crippen LogP contribution in [0.5, 0.6) is 5.75 Å². The Morgan fingerprint density at radius 1 is 0.895 bits per heavy atom. The van der Waals surface area contributed by atoms with Gasteiger partial charge >= 0.3 is 19.8 Å². The van der Waals surface area contributed by atoms with Crippen LogP contribution in [-0.4, -0.2) is 68.1 Å². The van der Waals surface area contributed by atoms with Gasteiger partial charge in [0, 0.05) is 23.4 Å². The standard InChI is InChI=1S/C37H39N8O11P/c1-3-53-57(52,54-4-2)55-21-22-9-13-25(14-10-22)42-34(48)27-7-5-6-8-29(27)56-30(46)18-17-28(36(50)51)43-33(47)23-11-15-24(16-12-23)39-19-26-20-40-32-31(41-26)35(49)45-37(38)44-32/h5-16,20,28,39H,3-4,17-19,21H2,1-2H3,(H,42,48)(H,43,47)(H,50,51)(H3,38,40,44,45,49)/t28-/m0/s1. The number of H-pyrrole nitrogens is 1. The molecular weight excluding hydrogens is 763 g/mol. The van der Waals surface area contributed by atoms with Crippen LogP contribution in [0.25, 0.3) is 11.2 Å². The Labute approximate surface area is 325 Å². The average molecular weight is 803 g/mol. The van der Waals surface area contributed by atoms with Crippen molar-refractivity contribution in [2.45, 2.75) is 45.9 Å². The summed E-state index contributed by atoms with van der Waals surface area (Å²) in [5.74, 6) is -3.59. The molecule has 19 nitrogen and oxygen atoms in total. The number of nitrogen functional groups attached to an aromatic ring is 1. The molecule has 0 aliphatic heterocycles. The summed E-state index contributed by atoms with van der Waals surface area (Å²) < 4.78 is 33.6. The molecule has 7 N–H and O–H groups in total.